The molecule has 1 aromatic rings. The van der Waals surface area contributed by atoms with E-state index in [1.165, 1.54) is 44.9 Å². The predicted octanol–water partition coefficient (Wildman–Crippen LogP) is 2.14. The molecule has 128 valence electrons. The predicted molar refractivity (Wildman–Crippen MR) is 92.9 cm³/mol. The van der Waals surface area contributed by atoms with Gasteiger partial charge in [-0.05, 0) is 6.42 Å². The molecule has 0 aromatic heterocycles. The number of hydrogen-bond donors (Lipinski definition) is 0. The van der Waals surface area contributed by atoms with E-state index in [1.807, 2.05) is 36.4 Å². The Balaban J connectivity index is 0. The minimum absolute atomic E-state index is 0. The van der Waals surface area contributed by atoms with Crippen molar-refractivity contribution in [3.63, 3.8) is 0 Å². The molecule has 0 saturated heterocycles. The smallest absolute Gasteiger partial charge is 0.748 e. The zero-order valence-electron chi connectivity index (χ0n) is 14.9. The van der Waals surface area contributed by atoms with Crippen molar-refractivity contribution in [3.8, 4) is 0 Å². The minimum atomic E-state index is -3.98. The molecule has 0 amide bonds. The van der Waals surface area contributed by atoms with Crippen LogP contribution in [0.3, 0.4) is 0 Å². The second kappa shape index (κ2) is 18.5. The summed E-state index contributed by atoms with van der Waals surface area (Å²) >= 11 is 0. The van der Waals surface area contributed by atoms with Gasteiger partial charge in [-0.3, -0.25) is 0 Å². The van der Waals surface area contributed by atoms with Gasteiger partial charge in [0.25, 0.3) is 0 Å². The van der Waals surface area contributed by atoms with Gasteiger partial charge in [0.05, 0.1) is 10.1 Å². The van der Waals surface area contributed by atoms with Gasteiger partial charge in [-0.2, -0.15) is 0 Å². The first-order chi connectivity index (χ1) is 10.6. The summed E-state index contributed by atoms with van der Waals surface area (Å²) in [6, 6.07) is 12.0. The molecule has 0 radical (unpaired) electrons. The fourth-order valence-electron chi connectivity index (χ4n) is 2.15. The van der Waals surface area contributed by atoms with E-state index in [2.05, 4.69) is 6.92 Å². The molecule has 0 aliphatic rings. The molecule has 23 heavy (non-hydrogen) atoms. The average molecular weight is 350 g/mol. The summed E-state index contributed by atoms with van der Waals surface area (Å²) in [5, 5.41) is 0. The maximum atomic E-state index is 10.3. The summed E-state index contributed by atoms with van der Waals surface area (Å²) in [5.41, 5.74) is 0. The van der Waals surface area contributed by atoms with Gasteiger partial charge in [0.2, 0.25) is 0 Å². The molecule has 0 saturated carbocycles. The van der Waals surface area contributed by atoms with Gasteiger partial charge < -0.3 is 4.55 Å². The first kappa shape index (κ1) is 25.4. The third-order valence-corrected chi connectivity index (χ3v) is 4.20. The van der Waals surface area contributed by atoms with Crippen molar-refractivity contribution < 1.29 is 42.5 Å². The first-order valence-corrected chi connectivity index (χ1v) is 10.1. The summed E-state index contributed by atoms with van der Waals surface area (Å²) < 4.78 is 30.9. The zero-order chi connectivity index (χ0) is 16.5. The maximum Gasteiger partial charge on any atom is 1.00 e. The van der Waals surface area contributed by atoms with Crippen molar-refractivity contribution in [2.45, 2.75) is 71.1 Å². The Hall–Kier alpha value is 0.130. The SMILES string of the molecule is CCCCCCCCCCCCS(=O)(=O)[O-].[Na+].c1ccccc1. The van der Waals surface area contributed by atoms with E-state index in [1.54, 1.807) is 0 Å². The molecular formula is C18H31NaO3S. The van der Waals surface area contributed by atoms with Gasteiger partial charge in [-0.15, -0.1) is 0 Å². The van der Waals surface area contributed by atoms with Crippen molar-refractivity contribution >= 4 is 10.1 Å². The summed E-state index contributed by atoms with van der Waals surface area (Å²) in [6.07, 6.45) is 11.4. The van der Waals surface area contributed by atoms with E-state index in [0.29, 0.717) is 6.42 Å². The zero-order valence-corrected chi connectivity index (χ0v) is 17.7. The Morgan fingerprint density at radius 3 is 1.26 bits per heavy atom. The molecule has 1 rings (SSSR count). The summed E-state index contributed by atoms with van der Waals surface area (Å²) in [4.78, 5) is 0. The van der Waals surface area contributed by atoms with Crippen LogP contribution in [-0.4, -0.2) is 18.7 Å². The molecule has 0 bridgehead atoms. The Morgan fingerprint density at radius 1 is 0.652 bits per heavy atom. The molecule has 3 nitrogen and oxygen atoms in total. The van der Waals surface area contributed by atoms with Gasteiger partial charge in [0, 0.05) is 5.75 Å². The van der Waals surface area contributed by atoms with Crippen LogP contribution in [0.5, 0.6) is 0 Å². The Kier molecular flexibility index (Phi) is 20.4. The van der Waals surface area contributed by atoms with E-state index in [0.717, 1.165) is 12.8 Å². The van der Waals surface area contributed by atoms with Crippen LogP contribution in [0.2, 0.25) is 0 Å². The van der Waals surface area contributed by atoms with Gasteiger partial charge >= 0.3 is 29.6 Å². The second-order valence-electron chi connectivity index (χ2n) is 5.60. The molecule has 5 heteroatoms. The van der Waals surface area contributed by atoms with Crippen LogP contribution < -0.4 is 29.6 Å². The number of benzene rings is 1. The van der Waals surface area contributed by atoms with Gasteiger partial charge in [-0.25, -0.2) is 8.42 Å². The molecule has 0 atom stereocenters. The van der Waals surface area contributed by atoms with Crippen molar-refractivity contribution in [1.82, 2.24) is 0 Å². The topological polar surface area (TPSA) is 57.2 Å². The van der Waals surface area contributed by atoms with E-state index < -0.39 is 10.1 Å². The van der Waals surface area contributed by atoms with Crippen molar-refractivity contribution in [2.24, 2.45) is 0 Å². The maximum absolute atomic E-state index is 10.3. The van der Waals surface area contributed by atoms with Gasteiger partial charge in [0.15, 0.2) is 0 Å². The fraction of sp³-hybridized carbons (Fsp3) is 0.667. The van der Waals surface area contributed by atoms with E-state index >= 15 is 0 Å². The Morgan fingerprint density at radius 2 is 0.957 bits per heavy atom. The van der Waals surface area contributed by atoms with Crippen LogP contribution in [0.25, 0.3) is 0 Å². The third kappa shape index (κ3) is 24.5. The largest absolute Gasteiger partial charge is 1.00 e. The number of rotatable bonds is 11. The van der Waals surface area contributed by atoms with Crippen LogP contribution in [0.4, 0.5) is 0 Å². The van der Waals surface area contributed by atoms with E-state index in [9.17, 15) is 13.0 Å². The first-order valence-electron chi connectivity index (χ1n) is 8.50. The standard InChI is InChI=1S/C12H26O3S.C6H6.Na/c1-2-3-4-5-6-7-8-9-10-11-12-16(13,14)15;1-2-4-6-5-3-1;/h2-12H2,1H3,(H,13,14,15);1-6H;/q;;+1/p-1. The normalized spacial score (nSPS) is 10.3. The molecule has 0 aliphatic heterocycles. The van der Waals surface area contributed by atoms with Crippen LogP contribution in [0.1, 0.15) is 71.1 Å². The molecule has 0 N–H and O–H groups in total. The van der Waals surface area contributed by atoms with Crippen LogP contribution in [0.15, 0.2) is 36.4 Å². The molecular weight excluding hydrogens is 319 g/mol. The third-order valence-electron chi connectivity index (χ3n) is 3.41. The Labute approximate surface area is 165 Å². The molecule has 0 heterocycles. The quantitative estimate of drug-likeness (QED) is 0.349. The van der Waals surface area contributed by atoms with Crippen LogP contribution >= 0.6 is 0 Å². The van der Waals surface area contributed by atoms with Gasteiger partial charge in [-0.1, -0.05) is 101 Å². The minimum Gasteiger partial charge on any atom is -0.748 e. The average Bonchev–Trinajstić information content (AvgIpc) is 2.50. The second-order valence-corrected chi connectivity index (χ2v) is 7.12. The van der Waals surface area contributed by atoms with Crippen molar-refractivity contribution in [1.29, 1.82) is 0 Å². The van der Waals surface area contributed by atoms with Crippen molar-refractivity contribution in [3.05, 3.63) is 36.4 Å². The molecule has 0 spiro atoms. The van der Waals surface area contributed by atoms with E-state index in [-0.39, 0.29) is 35.3 Å². The van der Waals surface area contributed by atoms with Crippen LogP contribution in [-0.2, 0) is 10.1 Å². The van der Waals surface area contributed by atoms with E-state index in [4.69, 9.17) is 0 Å². The van der Waals surface area contributed by atoms with Crippen molar-refractivity contribution in [2.75, 3.05) is 5.75 Å². The fourth-order valence-corrected chi connectivity index (χ4v) is 2.71. The summed E-state index contributed by atoms with van der Waals surface area (Å²) in [7, 11) is -3.98. The van der Waals surface area contributed by atoms with Crippen LogP contribution in [0, 0.1) is 0 Å². The Bertz CT molecular complexity index is 394. The number of unbranched alkanes of at least 4 members (excludes halogenated alkanes) is 9. The molecule has 0 aliphatic carbocycles. The summed E-state index contributed by atoms with van der Waals surface area (Å²) in [5.74, 6) is -0.191. The summed E-state index contributed by atoms with van der Waals surface area (Å²) in [6.45, 7) is 2.21. The van der Waals surface area contributed by atoms with Gasteiger partial charge in [0.1, 0.15) is 0 Å². The number of hydrogen-bond acceptors (Lipinski definition) is 3. The molecule has 0 fully saturated rings. The molecule has 1 aromatic carbocycles. The molecule has 0 unspecified atom stereocenters. The monoisotopic (exact) mass is 350 g/mol.